The monoisotopic (exact) mass is 213 g/mol. The van der Waals surface area contributed by atoms with Gasteiger partial charge in [-0.15, -0.1) is 0 Å². The maximum Gasteiger partial charge on any atom is 0.260 e. The van der Waals surface area contributed by atoms with E-state index in [1.54, 1.807) is 12.2 Å². The Labute approximate surface area is 71.6 Å². The average Bonchev–Trinajstić information content (AvgIpc) is 2.31. The molecule has 0 aliphatic carbocycles. The number of amides is 1. The second-order valence-electron chi connectivity index (χ2n) is 2.24. The van der Waals surface area contributed by atoms with Crippen LogP contribution in [0.4, 0.5) is 0 Å². The number of hydrogen-bond donors (Lipinski definition) is 0. The van der Waals surface area contributed by atoms with Crippen LogP contribution in [0.3, 0.4) is 0 Å². The molecule has 3 nitrogen and oxygen atoms in total. The molecule has 4 heteroatoms. The van der Waals surface area contributed by atoms with E-state index < -0.39 is 0 Å². The van der Waals surface area contributed by atoms with Crippen LogP contribution >= 0.6 is 15.9 Å². The molecule has 0 aromatic carbocycles. The first kappa shape index (κ1) is 6.79. The molecule has 0 saturated heterocycles. The van der Waals surface area contributed by atoms with Crippen LogP contribution in [0.25, 0.3) is 0 Å². The minimum absolute atomic E-state index is 0.169. The lowest BCUT2D eigenvalue weighted by molar-refractivity contribution is -0.119. The molecule has 0 N–H and O–H groups in total. The summed E-state index contributed by atoms with van der Waals surface area (Å²) < 4.78 is 5.75. The first-order valence-electron chi connectivity index (χ1n) is 3.10. The molecule has 1 atom stereocenters. The van der Waals surface area contributed by atoms with Crippen LogP contribution in [-0.4, -0.2) is 12.1 Å². The molecule has 2 rings (SSSR count). The van der Waals surface area contributed by atoms with Crippen LogP contribution in [0.2, 0.25) is 0 Å². The number of dihydropyridines is 1. The Balaban J connectivity index is 2.38. The Morgan fingerprint density at radius 3 is 3.18 bits per heavy atom. The first-order valence-corrected chi connectivity index (χ1v) is 3.90. The summed E-state index contributed by atoms with van der Waals surface area (Å²) in [5.74, 6) is 0.184. The number of carbonyl (C=O) groups is 1. The normalized spacial score (nSPS) is 27.4. The third-order valence-corrected chi connectivity index (χ3v) is 1.95. The lowest BCUT2D eigenvalue weighted by Crippen LogP contribution is -2.13. The topological polar surface area (TPSA) is 38.7 Å². The van der Waals surface area contributed by atoms with Gasteiger partial charge in [0.15, 0.2) is 4.67 Å². The van der Waals surface area contributed by atoms with Gasteiger partial charge in [0.1, 0.15) is 11.7 Å². The Morgan fingerprint density at radius 2 is 2.45 bits per heavy atom. The molecule has 11 heavy (non-hydrogen) atoms. The summed E-state index contributed by atoms with van der Waals surface area (Å²) in [5.41, 5.74) is 0. The molecule has 2 aliphatic rings. The van der Waals surface area contributed by atoms with Gasteiger partial charge in [-0.3, -0.25) is 4.79 Å². The Kier molecular flexibility index (Phi) is 1.42. The molecule has 0 radical (unpaired) electrons. The van der Waals surface area contributed by atoms with Gasteiger partial charge in [0.2, 0.25) is 0 Å². The summed E-state index contributed by atoms with van der Waals surface area (Å²) in [6.07, 6.45) is 4.84. The minimum Gasteiger partial charge on any atom is -0.453 e. The first-order chi connectivity index (χ1) is 5.27. The van der Waals surface area contributed by atoms with E-state index in [1.165, 1.54) is 6.21 Å². The SMILES string of the molecule is O=C1N=CC=C2OC(Br)=CC12. The van der Waals surface area contributed by atoms with Crippen LogP contribution in [0.1, 0.15) is 0 Å². The zero-order valence-corrected chi connectivity index (χ0v) is 7.04. The molecular formula is C7H4BrNO2. The van der Waals surface area contributed by atoms with Gasteiger partial charge < -0.3 is 4.74 Å². The van der Waals surface area contributed by atoms with Gasteiger partial charge in [-0.25, -0.2) is 4.99 Å². The molecular weight excluding hydrogens is 210 g/mol. The lowest BCUT2D eigenvalue weighted by atomic mass is 10.1. The van der Waals surface area contributed by atoms with E-state index >= 15 is 0 Å². The molecule has 56 valence electrons. The molecule has 2 heterocycles. The van der Waals surface area contributed by atoms with Crippen molar-refractivity contribution in [2.45, 2.75) is 0 Å². The fourth-order valence-corrected chi connectivity index (χ4v) is 1.47. The fourth-order valence-electron chi connectivity index (χ4n) is 1.02. The third-order valence-electron chi connectivity index (χ3n) is 1.53. The van der Waals surface area contributed by atoms with Crippen LogP contribution in [-0.2, 0) is 9.53 Å². The number of ether oxygens (including phenoxy) is 1. The van der Waals surface area contributed by atoms with Gasteiger partial charge in [-0.1, -0.05) is 0 Å². The van der Waals surface area contributed by atoms with E-state index in [0.717, 1.165) is 0 Å². The predicted molar refractivity (Wildman–Crippen MR) is 43.2 cm³/mol. The number of aliphatic imine (C=N–C) groups is 1. The van der Waals surface area contributed by atoms with Crippen molar-refractivity contribution in [1.82, 2.24) is 0 Å². The van der Waals surface area contributed by atoms with Crippen molar-refractivity contribution in [2.24, 2.45) is 10.9 Å². The second kappa shape index (κ2) is 2.30. The Hall–Kier alpha value is -0.900. The molecule has 0 bridgehead atoms. The molecule has 0 aromatic heterocycles. The van der Waals surface area contributed by atoms with Crippen molar-refractivity contribution in [1.29, 1.82) is 0 Å². The number of nitrogens with zero attached hydrogens (tertiary/aromatic N) is 1. The molecule has 0 aromatic rings. The number of rotatable bonds is 0. The number of hydrogen-bond acceptors (Lipinski definition) is 2. The van der Waals surface area contributed by atoms with Crippen molar-refractivity contribution in [3.8, 4) is 0 Å². The van der Waals surface area contributed by atoms with Gasteiger partial charge >= 0.3 is 0 Å². The standard InChI is InChI=1S/C7H4BrNO2/c8-6-3-4-5(11-6)1-2-9-7(4)10/h1-4H. The van der Waals surface area contributed by atoms with Gasteiger partial charge in [0.05, 0.1) is 0 Å². The number of allylic oxidation sites excluding steroid dienone is 1. The van der Waals surface area contributed by atoms with Crippen molar-refractivity contribution in [3.05, 3.63) is 22.6 Å². The summed E-state index contributed by atoms with van der Waals surface area (Å²) in [4.78, 5) is 14.7. The van der Waals surface area contributed by atoms with Crippen molar-refractivity contribution in [3.63, 3.8) is 0 Å². The summed E-state index contributed by atoms with van der Waals surface area (Å²) >= 11 is 3.15. The smallest absolute Gasteiger partial charge is 0.260 e. The quantitative estimate of drug-likeness (QED) is 0.610. The zero-order valence-electron chi connectivity index (χ0n) is 5.45. The van der Waals surface area contributed by atoms with E-state index in [4.69, 9.17) is 4.74 Å². The molecule has 0 fully saturated rings. The van der Waals surface area contributed by atoms with Crippen molar-refractivity contribution < 1.29 is 9.53 Å². The van der Waals surface area contributed by atoms with Crippen molar-refractivity contribution >= 4 is 28.1 Å². The van der Waals surface area contributed by atoms with E-state index in [9.17, 15) is 4.79 Å². The maximum absolute atomic E-state index is 11.0. The van der Waals surface area contributed by atoms with Crippen LogP contribution < -0.4 is 0 Å². The highest BCUT2D eigenvalue weighted by Crippen LogP contribution is 2.32. The lowest BCUT2D eigenvalue weighted by Gasteiger charge is -2.07. The van der Waals surface area contributed by atoms with Crippen LogP contribution in [0.15, 0.2) is 27.6 Å². The number of carbonyl (C=O) groups excluding carboxylic acids is 1. The average molecular weight is 214 g/mol. The van der Waals surface area contributed by atoms with E-state index in [2.05, 4.69) is 20.9 Å². The predicted octanol–water partition coefficient (Wildman–Crippen LogP) is 1.36. The van der Waals surface area contributed by atoms with Gasteiger partial charge in [-0.2, -0.15) is 0 Å². The van der Waals surface area contributed by atoms with E-state index in [0.29, 0.717) is 10.4 Å². The highest BCUT2D eigenvalue weighted by Gasteiger charge is 2.29. The van der Waals surface area contributed by atoms with Gasteiger partial charge in [0, 0.05) is 6.21 Å². The number of halogens is 1. The Morgan fingerprint density at radius 1 is 1.64 bits per heavy atom. The van der Waals surface area contributed by atoms with Gasteiger partial charge in [0.25, 0.3) is 5.91 Å². The molecule has 1 amide bonds. The largest absolute Gasteiger partial charge is 0.453 e. The molecule has 2 aliphatic heterocycles. The summed E-state index contributed by atoms with van der Waals surface area (Å²) in [6, 6.07) is 0. The molecule has 0 saturated carbocycles. The van der Waals surface area contributed by atoms with Gasteiger partial charge in [-0.05, 0) is 28.1 Å². The van der Waals surface area contributed by atoms with Crippen molar-refractivity contribution in [2.75, 3.05) is 0 Å². The van der Waals surface area contributed by atoms with Crippen LogP contribution in [0.5, 0.6) is 0 Å². The third kappa shape index (κ3) is 1.03. The van der Waals surface area contributed by atoms with E-state index in [-0.39, 0.29) is 11.8 Å². The molecule has 1 unspecified atom stereocenters. The minimum atomic E-state index is -0.297. The zero-order chi connectivity index (χ0) is 7.84. The Bertz CT molecular complexity index is 304. The van der Waals surface area contributed by atoms with E-state index in [1.807, 2.05) is 0 Å². The highest BCUT2D eigenvalue weighted by molar-refractivity contribution is 9.11. The maximum atomic E-state index is 11.0. The second-order valence-corrected chi connectivity index (χ2v) is 3.02. The summed E-state index contributed by atoms with van der Waals surface area (Å²) in [6.45, 7) is 0. The summed E-state index contributed by atoms with van der Waals surface area (Å²) in [5, 5.41) is 0. The number of fused-ring (bicyclic) bond motifs is 1. The fraction of sp³-hybridized carbons (Fsp3) is 0.143. The molecule has 0 spiro atoms. The van der Waals surface area contributed by atoms with Crippen LogP contribution in [0, 0.1) is 5.92 Å². The summed E-state index contributed by atoms with van der Waals surface area (Å²) in [7, 11) is 0. The highest BCUT2D eigenvalue weighted by atomic mass is 79.9.